The normalized spacial score (nSPS) is 20.2. The molecule has 0 unspecified atom stereocenters. The first kappa shape index (κ1) is 17.8. The molecule has 2 saturated heterocycles. The van der Waals surface area contributed by atoms with Gasteiger partial charge in [-0.3, -0.25) is 14.3 Å². The lowest BCUT2D eigenvalue weighted by molar-refractivity contribution is -0.142. The van der Waals surface area contributed by atoms with E-state index in [1.807, 2.05) is 41.6 Å². The van der Waals surface area contributed by atoms with Gasteiger partial charge < -0.3 is 9.80 Å². The van der Waals surface area contributed by atoms with Gasteiger partial charge in [0.25, 0.3) is 0 Å². The molecule has 0 N–H and O–H groups in total. The van der Waals surface area contributed by atoms with Crippen LogP contribution in [0.5, 0.6) is 0 Å². The van der Waals surface area contributed by atoms with Crippen LogP contribution in [0.1, 0.15) is 29.4 Å². The number of carbonyl (C=O) groups excluding carboxylic acids is 2. The maximum Gasteiger partial charge on any atom is 0.242 e. The monoisotopic (exact) mass is 366 g/mol. The van der Waals surface area contributed by atoms with Crippen LogP contribution in [0.4, 0.5) is 0 Å². The number of nitrogens with zero attached hydrogens (tertiary/aromatic N) is 4. The summed E-state index contributed by atoms with van der Waals surface area (Å²) in [6.45, 7) is 6.25. The van der Waals surface area contributed by atoms with Crippen LogP contribution in [0.3, 0.4) is 0 Å². The molecular weight excluding hydrogens is 340 g/mol. The predicted octanol–water partition coefficient (Wildman–Crippen LogP) is 1.97. The Hall–Kier alpha value is -2.63. The van der Waals surface area contributed by atoms with Gasteiger partial charge in [-0.25, -0.2) is 0 Å². The lowest BCUT2D eigenvalue weighted by Gasteiger charge is -2.40. The molecule has 2 aromatic rings. The van der Waals surface area contributed by atoms with E-state index in [2.05, 4.69) is 23.3 Å². The highest BCUT2D eigenvalue weighted by atomic mass is 16.2. The molecule has 2 fully saturated rings. The van der Waals surface area contributed by atoms with Crippen molar-refractivity contribution in [2.45, 2.75) is 32.7 Å². The second-order valence-corrected chi connectivity index (χ2v) is 7.86. The van der Waals surface area contributed by atoms with Crippen LogP contribution < -0.4 is 0 Å². The predicted molar refractivity (Wildman–Crippen MR) is 102 cm³/mol. The summed E-state index contributed by atoms with van der Waals surface area (Å²) in [7, 11) is 0. The molecule has 27 heavy (non-hydrogen) atoms. The molecule has 0 radical (unpaired) electrons. The summed E-state index contributed by atoms with van der Waals surface area (Å²) in [4.78, 5) is 28.4. The van der Waals surface area contributed by atoms with Crippen molar-refractivity contribution < 1.29 is 9.59 Å². The number of aryl methyl sites for hydroxylation is 2. The summed E-state index contributed by atoms with van der Waals surface area (Å²) in [5.74, 6) is 0.438. The lowest BCUT2D eigenvalue weighted by atomic mass is 9.99. The van der Waals surface area contributed by atoms with E-state index < -0.39 is 0 Å². The molecular formula is C21H26N4O2. The Morgan fingerprint density at radius 3 is 2.56 bits per heavy atom. The third kappa shape index (κ3) is 3.75. The van der Waals surface area contributed by atoms with Crippen molar-refractivity contribution in [2.75, 3.05) is 26.2 Å². The molecule has 1 aromatic carbocycles. The maximum atomic E-state index is 12.6. The molecule has 6 nitrogen and oxygen atoms in total. The van der Waals surface area contributed by atoms with Gasteiger partial charge in [-0.2, -0.15) is 5.10 Å². The first-order valence-electron chi connectivity index (χ1n) is 9.62. The summed E-state index contributed by atoms with van der Waals surface area (Å²) in [6, 6.07) is 12.5. The van der Waals surface area contributed by atoms with Gasteiger partial charge in [0.15, 0.2) is 0 Å². The second-order valence-electron chi connectivity index (χ2n) is 7.86. The molecule has 1 aromatic heterocycles. The number of benzene rings is 1. The fraction of sp³-hybridized carbons (Fsp3) is 0.476. The first-order valence-corrected chi connectivity index (χ1v) is 9.62. The average molecular weight is 366 g/mol. The van der Waals surface area contributed by atoms with Crippen molar-refractivity contribution in [1.82, 2.24) is 19.6 Å². The average Bonchev–Trinajstić information content (AvgIpc) is 3.09. The van der Waals surface area contributed by atoms with Crippen LogP contribution in [-0.4, -0.2) is 57.6 Å². The van der Waals surface area contributed by atoms with Gasteiger partial charge in [-0.15, -0.1) is 0 Å². The molecule has 4 rings (SSSR count). The highest BCUT2D eigenvalue weighted by molar-refractivity contribution is 5.86. The number of carbonyl (C=O) groups is 2. The Morgan fingerprint density at radius 2 is 1.89 bits per heavy atom. The fourth-order valence-corrected chi connectivity index (χ4v) is 4.18. The van der Waals surface area contributed by atoms with Crippen molar-refractivity contribution in [3.05, 3.63) is 53.3 Å². The molecule has 0 spiro atoms. The molecule has 0 saturated carbocycles. The number of likely N-dealkylation sites (tertiary alicyclic amines) is 2. The van der Waals surface area contributed by atoms with Crippen molar-refractivity contribution in [2.24, 2.45) is 5.92 Å². The number of hydrogen-bond donors (Lipinski definition) is 0. The summed E-state index contributed by atoms with van der Waals surface area (Å²) >= 11 is 0. The molecule has 3 heterocycles. The molecule has 2 amide bonds. The Labute approximate surface area is 159 Å². The molecule has 2 aliphatic rings. The summed E-state index contributed by atoms with van der Waals surface area (Å²) in [5.41, 5.74) is 3.38. The van der Waals surface area contributed by atoms with Crippen LogP contribution >= 0.6 is 0 Å². The molecule has 0 bridgehead atoms. The number of hydrogen-bond acceptors (Lipinski definition) is 3. The van der Waals surface area contributed by atoms with Crippen molar-refractivity contribution in [1.29, 1.82) is 0 Å². The van der Waals surface area contributed by atoms with E-state index in [1.54, 1.807) is 4.90 Å². The van der Waals surface area contributed by atoms with Crippen LogP contribution in [-0.2, 0) is 16.0 Å². The minimum atomic E-state index is 0.0430. The smallest absolute Gasteiger partial charge is 0.242 e. The topological polar surface area (TPSA) is 58.4 Å². The van der Waals surface area contributed by atoms with E-state index in [4.69, 9.17) is 0 Å². The number of aromatic nitrogens is 2. The van der Waals surface area contributed by atoms with E-state index in [0.717, 1.165) is 17.8 Å². The quantitative estimate of drug-likeness (QED) is 0.813. The third-order valence-corrected chi connectivity index (χ3v) is 5.59. The Morgan fingerprint density at radius 1 is 1.15 bits per heavy atom. The fourth-order valence-electron chi connectivity index (χ4n) is 4.18. The van der Waals surface area contributed by atoms with Crippen LogP contribution in [0.2, 0.25) is 0 Å². The van der Waals surface area contributed by atoms with E-state index in [-0.39, 0.29) is 24.4 Å². The summed E-state index contributed by atoms with van der Waals surface area (Å²) < 4.78 is 2.01. The first-order chi connectivity index (χ1) is 13.0. The third-order valence-electron chi connectivity index (χ3n) is 5.59. The molecule has 2 aliphatic heterocycles. The zero-order valence-corrected chi connectivity index (χ0v) is 16.0. The number of amides is 2. The highest BCUT2D eigenvalue weighted by Gasteiger charge is 2.36. The second kappa shape index (κ2) is 7.18. The SMILES string of the molecule is Cc1cc(C)n(C2CN(C(=O)CN3C[C@H](Cc4ccccc4)CC3=O)C2)n1. The van der Waals surface area contributed by atoms with Gasteiger partial charge in [0.2, 0.25) is 11.8 Å². The molecule has 6 heteroatoms. The van der Waals surface area contributed by atoms with E-state index in [0.29, 0.717) is 32.0 Å². The molecule has 0 aliphatic carbocycles. The zero-order valence-electron chi connectivity index (χ0n) is 16.0. The van der Waals surface area contributed by atoms with E-state index in [9.17, 15) is 9.59 Å². The van der Waals surface area contributed by atoms with E-state index >= 15 is 0 Å². The van der Waals surface area contributed by atoms with Gasteiger partial charge in [0, 0.05) is 31.7 Å². The lowest BCUT2D eigenvalue weighted by Crippen LogP contribution is -2.54. The van der Waals surface area contributed by atoms with Crippen molar-refractivity contribution in [3.63, 3.8) is 0 Å². The summed E-state index contributed by atoms with van der Waals surface area (Å²) in [5, 5.41) is 4.51. The van der Waals surface area contributed by atoms with Gasteiger partial charge in [0.05, 0.1) is 18.3 Å². The largest absolute Gasteiger partial charge is 0.337 e. The highest BCUT2D eigenvalue weighted by Crippen LogP contribution is 2.25. The molecule has 1 atom stereocenters. The van der Waals surface area contributed by atoms with Crippen molar-refractivity contribution in [3.8, 4) is 0 Å². The van der Waals surface area contributed by atoms with Gasteiger partial charge in [0.1, 0.15) is 0 Å². The Kier molecular flexibility index (Phi) is 4.72. The van der Waals surface area contributed by atoms with Crippen molar-refractivity contribution >= 4 is 11.8 Å². The Bertz CT molecular complexity index is 839. The minimum absolute atomic E-state index is 0.0430. The Balaban J connectivity index is 1.28. The van der Waals surface area contributed by atoms with Crippen LogP contribution in [0, 0.1) is 19.8 Å². The van der Waals surface area contributed by atoms with Crippen LogP contribution in [0.25, 0.3) is 0 Å². The van der Waals surface area contributed by atoms with Crippen LogP contribution in [0.15, 0.2) is 36.4 Å². The molecule has 142 valence electrons. The standard InChI is InChI=1S/C21H26N4O2/c1-15-8-16(2)25(22-15)19-12-24(13-19)21(27)14-23-11-18(10-20(23)26)9-17-6-4-3-5-7-17/h3-8,18-19H,9-14H2,1-2H3/t18-/m1/s1. The summed E-state index contributed by atoms with van der Waals surface area (Å²) in [6.07, 6.45) is 1.43. The maximum absolute atomic E-state index is 12.6. The van der Waals surface area contributed by atoms with Gasteiger partial charge >= 0.3 is 0 Å². The minimum Gasteiger partial charge on any atom is -0.337 e. The van der Waals surface area contributed by atoms with Gasteiger partial charge in [-0.1, -0.05) is 30.3 Å². The zero-order chi connectivity index (χ0) is 19.0. The van der Waals surface area contributed by atoms with Gasteiger partial charge in [-0.05, 0) is 37.8 Å². The van der Waals surface area contributed by atoms with E-state index in [1.165, 1.54) is 5.56 Å². The number of rotatable bonds is 5.